The number of sulfonamides is 1. The van der Waals surface area contributed by atoms with Gasteiger partial charge in [-0.05, 0) is 24.1 Å². The number of ether oxygens (including phenoxy) is 1. The first-order valence-corrected chi connectivity index (χ1v) is 7.44. The number of rotatable bonds is 7. The van der Waals surface area contributed by atoms with Crippen molar-refractivity contribution in [1.29, 1.82) is 0 Å². The summed E-state index contributed by atoms with van der Waals surface area (Å²) >= 11 is 0. The molecule has 0 aliphatic heterocycles. The number of nitrogens with zero attached hydrogens (tertiary/aromatic N) is 1. The van der Waals surface area contributed by atoms with Crippen LogP contribution in [-0.2, 0) is 16.6 Å². The molecule has 0 heterocycles. The van der Waals surface area contributed by atoms with Crippen LogP contribution in [0.2, 0.25) is 0 Å². The molecule has 0 atom stereocenters. The van der Waals surface area contributed by atoms with E-state index in [-0.39, 0.29) is 18.0 Å². The van der Waals surface area contributed by atoms with E-state index in [1.54, 1.807) is 19.1 Å². The number of hydrogen-bond acceptors (Lipinski definition) is 3. The minimum Gasteiger partial charge on any atom is -0.435 e. The van der Waals surface area contributed by atoms with Gasteiger partial charge in [-0.2, -0.15) is 8.78 Å². The summed E-state index contributed by atoms with van der Waals surface area (Å²) in [4.78, 5) is 0. The minimum absolute atomic E-state index is 0.0535. The van der Waals surface area contributed by atoms with Gasteiger partial charge in [0.1, 0.15) is 5.75 Å². The van der Waals surface area contributed by atoms with Crippen molar-refractivity contribution in [3.8, 4) is 5.75 Å². The molecule has 0 aromatic heterocycles. The van der Waals surface area contributed by atoms with Gasteiger partial charge in [0.05, 0.1) is 5.75 Å². The Labute approximate surface area is 112 Å². The largest absolute Gasteiger partial charge is 0.435 e. The lowest BCUT2D eigenvalue weighted by molar-refractivity contribution is -0.0498. The summed E-state index contributed by atoms with van der Waals surface area (Å²) in [6, 6.07) is 5.91. The third-order valence-electron chi connectivity index (χ3n) is 2.49. The van der Waals surface area contributed by atoms with E-state index >= 15 is 0 Å². The van der Waals surface area contributed by atoms with Gasteiger partial charge in [-0.15, -0.1) is 0 Å². The molecule has 7 heteroatoms. The van der Waals surface area contributed by atoms with Gasteiger partial charge in [0.25, 0.3) is 0 Å². The predicted molar refractivity (Wildman–Crippen MR) is 68.6 cm³/mol. The summed E-state index contributed by atoms with van der Waals surface area (Å²) in [5, 5.41) is 0. The van der Waals surface area contributed by atoms with Crippen molar-refractivity contribution in [2.24, 2.45) is 0 Å². The molecule has 1 aromatic rings. The monoisotopic (exact) mass is 293 g/mol. The van der Waals surface area contributed by atoms with E-state index < -0.39 is 16.6 Å². The number of hydrogen-bond donors (Lipinski definition) is 0. The highest BCUT2D eigenvalue weighted by Gasteiger charge is 2.16. The normalized spacial score (nSPS) is 12.1. The van der Waals surface area contributed by atoms with Crippen LogP contribution in [0.3, 0.4) is 0 Å². The fourth-order valence-electron chi connectivity index (χ4n) is 1.55. The van der Waals surface area contributed by atoms with Crippen molar-refractivity contribution in [2.75, 3.05) is 12.8 Å². The molecule has 0 amide bonds. The van der Waals surface area contributed by atoms with Crippen LogP contribution in [0.5, 0.6) is 5.75 Å². The second kappa shape index (κ2) is 6.81. The van der Waals surface area contributed by atoms with E-state index in [1.165, 1.54) is 23.5 Å². The van der Waals surface area contributed by atoms with Crippen molar-refractivity contribution >= 4 is 10.0 Å². The molecule has 4 nitrogen and oxygen atoms in total. The molecule has 0 saturated heterocycles. The second-order valence-electron chi connectivity index (χ2n) is 4.09. The molecule has 0 saturated carbocycles. The lowest BCUT2D eigenvalue weighted by atomic mass is 10.2. The van der Waals surface area contributed by atoms with Crippen LogP contribution in [0, 0.1) is 0 Å². The van der Waals surface area contributed by atoms with Gasteiger partial charge < -0.3 is 4.74 Å². The zero-order valence-corrected chi connectivity index (χ0v) is 11.7. The van der Waals surface area contributed by atoms with Gasteiger partial charge >= 0.3 is 6.61 Å². The predicted octanol–water partition coefficient (Wildman–Crippen LogP) is 2.46. The standard InChI is InChI=1S/C12H17F2NO3S/c1-3-8-19(16,17)15(2)9-10-4-6-11(7-5-10)18-12(13)14/h4-7,12H,3,8-9H2,1-2H3. The summed E-state index contributed by atoms with van der Waals surface area (Å²) < 4.78 is 52.9. The molecular weight excluding hydrogens is 276 g/mol. The number of alkyl halides is 2. The van der Waals surface area contributed by atoms with Crippen molar-refractivity contribution in [1.82, 2.24) is 4.31 Å². The van der Waals surface area contributed by atoms with Crippen molar-refractivity contribution < 1.29 is 21.9 Å². The van der Waals surface area contributed by atoms with Crippen LogP contribution in [0.1, 0.15) is 18.9 Å². The molecule has 0 aliphatic carbocycles. The number of halogens is 2. The van der Waals surface area contributed by atoms with Gasteiger partial charge in [0.15, 0.2) is 0 Å². The maximum atomic E-state index is 12.0. The zero-order valence-electron chi connectivity index (χ0n) is 10.8. The van der Waals surface area contributed by atoms with Crippen LogP contribution in [-0.4, -0.2) is 32.1 Å². The molecular formula is C12H17F2NO3S. The van der Waals surface area contributed by atoms with E-state index in [2.05, 4.69) is 4.74 Å². The molecule has 0 aliphatic rings. The fraction of sp³-hybridized carbons (Fsp3) is 0.500. The first-order chi connectivity index (χ1) is 8.85. The van der Waals surface area contributed by atoms with Crippen molar-refractivity contribution in [2.45, 2.75) is 26.5 Å². The molecule has 1 aromatic carbocycles. The summed E-state index contributed by atoms with van der Waals surface area (Å²) in [6.07, 6.45) is 0.549. The maximum Gasteiger partial charge on any atom is 0.387 e. The van der Waals surface area contributed by atoms with Gasteiger partial charge in [0.2, 0.25) is 10.0 Å². The van der Waals surface area contributed by atoms with E-state index in [1.807, 2.05) is 0 Å². The Morgan fingerprint density at radius 1 is 1.26 bits per heavy atom. The van der Waals surface area contributed by atoms with Crippen molar-refractivity contribution in [3.63, 3.8) is 0 Å². The maximum absolute atomic E-state index is 12.0. The highest BCUT2D eigenvalue weighted by molar-refractivity contribution is 7.89. The highest BCUT2D eigenvalue weighted by Crippen LogP contribution is 2.16. The Bertz CT molecular complexity index is 488. The van der Waals surface area contributed by atoms with Crippen molar-refractivity contribution in [3.05, 3.63) is 29.8 Å². The Kier molecular flexibility index (Phi) is 5.68. The average molecular weight is 293 g/mol. The molecule has 0 unspecified atom stereocenters. The van der Waals surface area contributed by atoms with Gasteiger partial charge in [-0.25, -0.2) is 12.7 Å². The van der Waals surface area contributed by atoms with Crippen LogP contribution >= 0.6 is 0 Å². The zero-order chi connectivity index (χ0) is 14.5. The van der Waals surface area contributed by atoms with Crippen LogP contribution in [0.15, 0.2) is 24.3 Å². The second-order valence-corrected chi connectivity index (χ2v) is 6.29. The molecule has 0 bridgehead atoms. The highest BCUT2D eigenvalue weighted by atomic mass is 32.2. The fourth-order valence-corrected chi connectivity index (χ4v) is 2.72. The lowest BCUT2D eigenvalue weighted by Crippen LogP contribution is -2.28. The quantitative estimate of drug-likeness (QED) is 0.776. The molecule has 1 rings (SSSR count). The van der Waals surface area contributed by atoms with Gasteiger partial charge in [-0.1, -0.05) is 19.1 Å². The summed E-state index contributed by atoms with van der Waals surface area (Å²) in [6.45, 7) is -0.863. The van der Waals surface area contributed by atoms with Gasteiger partial charge in [0, 0.05) is 13.6 Å². The van der Waals surface area contributed by atoms with Crippen LogP contribution in [0.25, 0.3) is 0 Å². The molecule has 0 spiro atoms. The Balaban J connectivity index is 2.68. The van der Waals surface area contributed by atoms with E-state index in [4.69, 9.17) is 0 Å². The molecule has 0 radical (unpaired) electrons. The topological polar surface area (TPSA) is 46.6 Å². The van der Waals surface area contributed by atoms with Crippen LogP contribution in [0.4, 0.5) is 8.78 Å². The first-order valence-electron chi connectivity index (χ1n) is 5.83. The summed E-state index contributed by atoms with van der Waals surface area (Å²) in [5.74, 6) is 0.147. The molecule has 0 fully saturated rings. The Morgan fingerprint density at radius 2 is 1.84 bits per heavy atom. The third kappa shape index (κ3) is 5.12. The van der Waals surface area contributed by atoms with E-state index in [9.17, 15) is 17.2 Å². The van der Waals surface area contributed by atoms with Gasteiger partial charge in [-0.3, -0.25) is 0 Å². The molecule has 0 N–H and O–H groups in total. The Morgan fingerprint density at radius 3 is 2.32 bits per heavy atom. The SMILES string of the molecule is CCCS(=O)(=O)N(C)Cc1ccc(OC(F)F)cc1. The summed E-state index contributed by atoms with van der Waals surface area (Å²) in [7, 11) is -1.76. The van der Waals surface area contributed by atoms with E-state index in [0.29, 0.717) is 12.0 Å². The smallest absolute Gasteiger partial charge is 0.387 e. The lowest BCUT2D eigenvalue weighted by Gasteiger charge is -2.16. The first kappa shape index (κ1) is 15.8. The van der Waals surface area contributed by atoms with E-state index in [0.717, 1.165) is 0 Å². The molecule has 19 heavy (non-hydrogen) atoms. The average Bonchev–Trinajstić information content (AvgIpc) is 2.30. The minimum atomic E-state index is -3.26. The molecule has 108 valence electrons. The number of benzene rings is 1. The third-order valence-corrected chi connectivity index (χ3v) is 4.49. The van der Waals surface area contributed by atoms with Crippen LogP contribution < -0.4 is 4.74 Å². The Hall–Kier alpha value is -1.21. The summed E-state index contributed by atoms with van der Waals surface area (Å²) in [5.41, 5.74) is 0.712.